The highest BCUT2D eigenvalue weighted by molar-refractivity contribution is 7.18. The van der Waals surface area contributed by atoms with Crippen molar-refractivity contribution in [3.8, 4) is 11.5 Å². The average molecular weight is 426 g/mol. The number of thiophene rings is 1. The van der Waals surface area contributed by atoms with Gasteiger partial charge in [-0.3, -0.25) is 14.2 Å². The Kier molecular flexibility index (Phi) is 5.54. The number of hydrazone groups is 1. The molecule has 0 bridgehead atoms. The molecule has 0 fully saturated rings. The van der Waals surface area contributed by atoms with Gasteiger partial charge in [0, 0.05) is 10.4 Å². The first-order chi connectivity index (χ1) is 14.5. The van der Waals surface area contributed by atoms with Crippen LogP contribution in [-0.4, -0.2) is 33.9 Å². The normalized spacial score (nSPS) is 16.0. The SMILES string of the molecule is COc1cccc(/C=N/NC(=O)Cn2cnc3sc4c(c3c2=O)CC[C@@H](C)C4)c1O. The van der Waals surface area contributed by atoms with Crippen molar-refractivity contribution in [3.05, 3.63) is 50.9 Å². The number of rotatable bonds is 5. The van der Waals surface area contributed by atoms with Gasteiger partial charge in [-0.05, 0) is 42.9 Å². The van der Waals surface area contributed by atoms with Gasteiger partial charge in [-0.25, -0.2) is 10.4 Å². The van der Waals surface area contributed by atoms with Crippen LogP contribution in [0.25, 0.3) is 10.2 Å². The number of para-hydroxylation sites is 1. The third-order valence-corrected chi connectivity index (χ3v) is 6.40. The fourth-order valence-electron chi connectivity index (χ4n) is 3.65. The van der Waals surface area contributed by atoms with Crippen molar-refractivity contribution >= 4 is 33.7 Å². The van der Waals surface area contributed by atoms with E-state index in [1.54, 1.807) is 29.5 Å². The molecule has 1 atom stereocenters. The number of hydrogen-bond donors (Lipinski definition) is 2. The van der Waals surface area contributed by atoms with Crippen LogP contribution in [0.1, 0.15) is 29.3 Å². The maximum atomic E-state index is 13.0. The molecule has 1 aliphatic carbocycles. The van der Waals surface area contributed by atoms with Crippen LogP contribution >= 0.6 is 11.3 Å². The molecule has 0 saturated heterocycles. The summed E-state index contributed by atoms with van der Waals surface area (Å²) in [5.74, 6) is 0.389. The van der Waals surface area contributed by atoms with Crippen molar-refractivity contribution in [2.45, 2.75) is 32.7 Å². The molecular formula is C21H22N4O4S. The minimum Gasteiger partial charge on any atom is -0.504 e. The number of carbonyl (C=O) groups is 1. The summed E-state index contributed by atoms with van der Waals surface area (Å²) >= 11 is 1.58. The van der Waals surface area contributed by atoms with Crippen LogP contribution in [-0.2, 0) is 24.2 Å². The molecule has 30 heavy (non-hydrogen) atoms. The minimum atomic E-state index is -0.463. The highest BCUT2D eigenvalue weighted by Crippen LogP contribution is 2.35. The van der Waals surface area contributed by atoms with E-state index in [9.17, 15) is 14.7 Å². The molecule has 2 N–H and O–H groups in total. The molecular weight excluding hydrogens is 404 g/mol. The molecule has 1 aliphatic rings. The summed E-state index contributed by atoms with van der Waals surface area (Å²) in [4.78, 5) is 31.6. The van der Waals surface area contributed by atoms with Crippen LogP contribution in [0.3, 0.4) is 0 Å². The van der Waals surface area contributed by atoms with E-state index in [-0.39, 0.29) is 17.9 Å². The van der Waals surface area contributed by atoms with Gasteiger partial charge in [-0.2, -0.15) is 5.10 Å². The number of aromatic hydroxyl groups is 1. The minimum absolute atomic E-state index is 0.0691. The zero-order valence-corrected chi connectivity index (χ0v) is 17.5. The average Bonchev–Trinajstić information content (AvgIpc) is 3.09. The molecule has 9 heteroatoms. The van der Waals surface area contributed by atoms with Crippen molar-refractivity contribution in [2.75, 3.05) is 7.11 Å². The number of carbonyl (C=O) groups excluding carboxylic acids is 1. The lowest BCUT2D eigenvalue weighted by Crippen LogP contribution is -2.30. The predicted octanol–water partition coefficient (Wildman–Crippen LogP) is 2.45. The fourth-order valence-corrected chi connectivity index (χ4v) is 4.99. The number of nitrogens with one attached hydrogen (secondary N) is 1. The third kappa shape index (κ3) is 3.80. The summed E-state index contributed by atoms with van der Waals surface area (Å²) in [6.07, 6.45) is 5.63. The lowest BCUT2D eigenvalue weighted by Gasteiger charge is -2.17. The zero-order chi connectivity index (χ0) is 21.3. The maximum Gasteiger partial charge on any atom is 0.262 e. The number of ether oxygens (including phenoxy) is 1. The van der Waals surface area contributed by atoms with Gasteiger partial charge in [0.25, 0.3) is 11.5 Å². The van der Waals surface area contributed by atoms with Crippen molar-refractivity contribution in [1.82, 2.24) is 15.0 Å². The molecule has 1 aromatic carbocycles. The molecule has 0 radical (unpaired) electrons. The molecule has 156 valence electrons. The number of benzene rings is 1. The molecule has 4 rings (SSSR count). The Hall–Kier alpha value is -3.20. The molecule has 3 aromatic rings. The Bertz CT molecular complexity index is 1200. The van der Waals surface area contributed by atoms with Crippen LogP contribution in [0.4, 0.5) is 0 Å². The van der Waals surface area contributed by atoms with Gasteiger partial charge in [0.1, 0.15) is 11.4 Å². The van der Waals surface area contributed by atoms with E-state index < -0.39 is 5.91 Å². The number of fused-ring (bicyclic) bond motifs is 3. The molecule has 2 aromatic heterocycles. The largest absolute Gasteiger partial charge is 0.504 e. The Morgan fingerprint density at radius 2 is 2.33 bits per heavy atom. The predicted molar refractivity (Wildman–Crippen MR) is 115 cm³/mol. The van der Waals surface area contributed by atoms with Crippen LogP contribution in [0, 0.1) is 5.92 Å². The van der Waals surface area contributed by atoms with Crippen LogP contribution in [0.5, 0.6) is 11.5 Å². The Morgan fingerprint density at radius 3 is 3.13 bits per heavy atom. The molecule has 0 saturated carbocycles. The Balaban J connectivity index is 1.50. The number of aromatic nitrogens is 2. The number of hydrogen-bond acceptors (Lipinski definition) is 7. The number of amides is 1. The van der Waals surface area contributed by atoms with E-state index in [1.807, 2.05) is 0 Å². The van der Waals surface area contributed by atoms with Gasteiger partial charge >= 0.3 is 0 Å². The van der Waals surface area contributed by atoms with Crippen LogP contribution in [0.2, 0.25) is 0 Å². The lowest BCUT2D eigenvalue weighted by molar-refractivity contribution is -0.121. The molecule has 2 heterocycles. The van der Waals surface area contributed by atoms with E-state index in [1.165, 1.54) is 29.1 Å². The number of nitrogens with zero attached hydrogens (tertiary/aromatic N) is 3. The van der Waals surface area contributed by atoms with Gasteiger partial charge < -0.3 is 9.84 Å². The second kappa shape index (κ2) is 8.27. The quantitative estimate of drug-likeness (QED) is 0.482. The first-order valence-electron chi connectivity index (χ1n) is 9.65. The van der Waals surface area contributed by atoms with Gasteiger partial charge in [0.05, 0.1) is 25.0 Å². The maximum absolute atomic E-state index is 13.0. The van der Waals surface area contributed by atoms with E-state index >= 15 is 0 Å². The molecule has 0 unspecified atom stereocenters. The summed E-state index contributed by atoms with van der Waals surface area (Å²) in [6, 6.07) is 4.95. The Morgan fingerprint density at radius 1 is 1.50 bits per heavy atom. The number of methoxy groups -OCH3 is 1. The van der Waals surface area contributed by atoms with Crippen LogP contribution < -0.4 is 15.7 Å². The smallest absolute Gasteiger partial charge is 0.262 e. The molecule has 8 nitrogen and oxygen atoms in total. The lowest BCUT2D eigenvalue weighted by atomic mass is 9.89. The van der Waals surface area contributed by atoms with E-state index in [2.05, 4.69) is 22.4 Å². The summed E-state index contributed by atoms with van der Waals surface area (Å²) < 4.78 is 6.34. The highest BCUT2D eigenvalue weighted by atomic mass is 32.1. The number of phenols is 1. The molecule has 0 aliphatic heterocycles. The zero-order valence-electron chi connectivity index (χ0n) is 16.7. The summed E-state index contributed by atoms with van der Waals surface area (Å²) in [6.45, 7) is 2.03. The van der Waals surface area contributed by atoms with Crippen molar-refractivity contribution in [2.24, 2.45) is 11.0 Å². The molecule has 0 spiro atoms. The topological polar surface area (TPSA) is 106 Å². The second-order valence-corrected chi connectivity index (χ2v) is 8.48. The monoisotopic (exact) mass is 426 g/mol. The summed E-state index contributed by atoms with van der Waals surface area (Å²) in [7, 11) is 1.45. The van der Waals surface area contributed by atoms with Crippen molar-refractivity contribution in [1.29, 1.82) is 0 Å². The van der Waals surface area contributed by atoms with Gasteiger partial charge in [-0.1, -0.05) is 13.0 Å². The van der Waals surface area contributed by atoms with E-state index in [0.717, 1.165) is 29.7 Å². The first-order valence-corrected chi connectivity index (χ1v) is 10.5. The molecule has 1 amide bonds. The first kappa shape index (κ1) is 20.1. The fraction of sp³-hybridized carbons (Fsp3) is 0.333. The third-order valence-electron chi connectivity index (χ3n) is 5.24. The summed E-state index contributed by atoms with van der Waals surface area (Å²) in [5, 5.41) is 14.5. The number of aryl methyl sites for hydroxylation is 1. The Labute approximate surface area is 176 Å². The highest BCUT2D eigenvalue weighted by Gasteiger charge is 2.23. The van der Waals surface area contributed by atoms with E-state index in [0.29, 0.717) is 22.6 Å². The van der Waals surface area contributed by atoms with Crippen molar-refractivity contribution in [3.63, 3.8) is 0 Å². The standard InChI is InChI=1S/C21H22N4O4S/c1-12-6-7-14-16(8-12)30-20-18(14)21(28)25(11-22-20)10-17(26)24-23-9-13-4-3-5-15(29-2)19(13)27/h3-5,9,11-12,27H,6-8,10H2,1-2H3,(H,24,26)/b23-9+/t12-/m1/s1. The van der Waals surface area contributed by atoms with E-state index in [4.69, 9.17) is 4.74 Å². The number of phenolic OH excluding ortho intramolecular Hbond substituents is 1. The van der Waals surface area contributed by atoms with Crippen LogP contribution in [0.15, 0.2) is 34.4 Å². The van der Waals surface area contributed by atoms with Gasteiger partial charge in [0.15, 0.2) is 11.5 Å². The summed E-state index contributed by atoms with van der Waals surface area (Å²) in [5.41, 5.74) is 3.66. The second-order valence-electron chi connectivity index (χ2n) is 7.40. The van der Waals surface area contributed by atoms with Gasteiger partial charge in [0.2, 0.25) is 0 Å². The van der Waals surface area contributed by atoms with Crippen molar-refractivity contribution < 1.29 is 14.6 Å². The van der Waals surface area contributed by atoms with Gasteiger partial charge in [-0.15, -0.1) is 11.3 Å².